The predicted molar refractivity (Wildman–Crippen MR) is 173 cm³/mol. The molecule has 0 aromatic heterocycles. The van der Waals surface area contributed by atoms with Crippen molar-refractivity contribution in [1.82, 2.24) is 0 Å². The highest BCUT2D eigenvalue weighted by molar-refractivity contribution is 7.99. The number of thiol groups is 1. The van der Waals surface area contributed by atoms with E-state index >= 15 is 0 Å². The van der Waals surface area contributed by atoms with Crippen molar-refractivity contribution in [2.75, 3.05) is 13.2 Å². The van der Waals surface area contributed by atoms with Crippen molar-refractivity contribution in [3.05, 3.63) is 24.3 Å². The zero-order chi connectivity index (χ0) is 38.0. The highest BCUT2D eigenvalue weighted by Gasteiger charge is 2.57. The van der Waals surface area contributed by atoms with Crippen molar-refractivity contribution < 1.29 is 80.9 Å². The first kappa shape index (κ1) is 41.5. The van der Waals surface area contributed by atoms with Gasteiger partial charge in [0, 0.05) is 58.3 Å². The second-order valence-corrected chi connectivity index (χ2v) is 13.0. The highest BCUT2D eigenvalue weighted by atomic mass is 32.2. The Labute approximate surface area is 302 Å². The van der Waals surface area contributed by atoms with Crippen molar-refractivity contribution >= 4 is 66.2 Å². The normalized spacial score (nSPS) is 28.7. The Bertz CT molecular complexity index is 1450. The van der Waals surface area contributed by atoms with Crippen molar-refractivity contribution in [2.24, 2.45) is 0 Å². The average molecular weight is 761 g/mol. The summed E-state index contributed by atoms with van der Waals surface area (Å²) >= 11 is 5.46. The molecule has 1 aromatic rings. The predicted octanol–water partition coefficient (Wildman–Crippen LogP) is 1.69. The van der Waals surface area contributed by atoms with E-state index in [4.69, 9.17) is 47.4 Å². The molecule has 2 saturated heterocycles. The van der Waals surface area contributed by atoms with E-state index in [1.807, 2.05) is 0 Å². The van der Waals surface area contributed by atoms with Gasteiger partial charge in [0.15, 0.2) is 36.8 Å². The molecule has 19 heteroatoms. The zero-order valence-electron chi connectivity index (χ0n) is 28.8. The number of rotatable bonds is 13. The second-order valence-electron chi connectivity index (χ2n) is 11.3. The molecule has 0 radical (unpaired) electrons. The second kappa shape index (κ2) is 19.1. The molecule has 0 aliphatic carbocycles. The third-order valence-electron chi connectivity index (χ3n) is 6.96. The van der Waals surface area contributed by atoms with Crippen LogP contribution in [0.3, 0.4) is 0 Å². The topological polar surface area (TPSA) is 212 Å². The van der Waals surface area contributed by atoms with Gasteiger partial charge in [-0.15, -0.1) is 12.6 Å². The number of hydrogen-bond donors (Lipinski definition) is 1. The van der Waals surface area contributed by atoms with Gasteiger partial charge in [-0.1, -0.05) is 17.8 Å². The average Bonchev–Trinajstić information content (AvgIpc) is 2.99. The fourth-order valence-electron chi connectivity index (χ4n) is 5.26. The minimum atomic E-state index is -1.76. The molecular weight excluding hydrogens is 720 g/mol. The molecule has 282 valence electrons. The lowest BCUT2D eigenvalue weighted by Gasteiger charge is -2.48. The van der Waals surface area contributed by atoms with E-state index in [9.17, 15) is 33.6 Å². The summed E-state index contributed by atoms with van der Waals surface area (Å²) in [6.07, 6.45) is -13.6. The summed E-state index contributed by atoms with van der Waals surface area (Å²) in [4.78, 5) is 86.9. The quantitative estimate of drug-likeness (QED) is 0.172. The zero-order valence-corrected chi connectivity index (χ0v) is 30.5. The van der Waals surface area contributed by atoms with Crippen LogP contribution in [0, 0.1) is 0 Å². The number of esters is 7. The fourth-order valence-corrected chi connectivity index (χ4v) is 6.73. The molecule has 0 spiro atoms. The van der Waals surface area contributed by atoms with E-state index in [2.05, 4.69) is 12.6 Å². The number of ether oxygens (including phenoxy) is 10. The molecule has 0 bridgehead atoms. The van der Waals surface area contributed by atoms with Gasteiger partial charge < -0.3 is 47.4 Å². The standard InChI is InChI=1S/C32H40O17S2/c1-14(33)40-12-23-25(42-16(3)35)27(43-17(4)36)29(45-19(6)38)31(47-23)49-26-24(13-41-15(2)34)48-32(51-22-10-8-9-21(50)11-22)30(46-20(7)39)28(26)44-18(5)37/h8-11,23-32,50H,12-13H2,1-7H3/t23-,24-,25-,26-,27+,28+,29-,30-,31-,32+/m1/s1. The summed E-state index contributed by atoms with van der Waals surface area (Å²) in [6.45, 7) is 6.60. The third-order valence-corrected chi connectivity index (χ3v) is 8.37. The van der Waals surface area contributed by atoms with Crippen LogP contribution < -0.4 is 0 Å². The Morgan fingerprint density at radius 2 is 1.04 bits per heavy atom. The maximum Gasteiger partial charge on any atom is 0.303 e. The van der Waals surface area contributed by atoms with Gasteiger partial charge in [0.25, 0.3) is 0 Å². The minimum absolute atomic E-state index is 0.487. The molecule has 2 aliphatic heterocycles. The first-order valence-corrected chi connectivity index (χ1v) is 16.8. The van der Waals surface area contributed by atoms with Gasteiger partial charge in [0.05, 0.1) is 0 Å². The maximum atomic E-state index is 12.6. The summed E-state index contributed by atoms with van der Waals surface area (Å²) in [5.41, 5.74) is -1.09. The molecule has 2 heterocycles. The Morgan fingerprint density at radius 1 is 0.588 bits per heavy atom. The summed E-state index contributed by atoms with van der Waals surface area (Å²) in [5, 5.41) is 0. The van der Waals surface area contributed by atoms with E-state index in [1.54, 1.807) is 24.3 Å². The first-order chi connectivity index (χ1) is 23.9. The smallest absolute Gasteiger partial charge is 0.303 e. The van der Waals surface area contributed by atoms with E-state index < -0.39 is 116 Å². The summed E-state index contributed by atoms with van der Waals surface area (Å²) in [5.74, 6) is -5.68. The number of hydrogen-bond acceptors (Lipinski definition) is 19. The van der Waals surface area contributed by atoms with Gasteiger partial charge >= 0.3 is 41.8 Å². The van der Waals surface area contributed by atoms with Crippen molar-refractivity contribution in [2.45, 2.75) is 119 Å². The lowest BCUT2D eigenvalue weighted by Crippen LogP contribution is -2.66. The monoisotopic (exact) mass is 760 g/mol. The van der Waals surface area contributed by atoms with E-state index in [1.165, 1.54) is 0 Å². The molecule has 1 aromatic carbocycles. The minimum Gasteiger partial charge on any atom is -0.463 e. The van der Waals surface area contributed by atoms with Crippen LogP contribution in [0.25, 0.3) is 0 Å². The summed E-state index contributed by atoms with van der Waals surface area (Å²) in [7, 11) is 0. The van der Waals surface area contributed by atoms with Crippen molar-refractivity contribution in [1.29, 1.82) is 0 Å². The van der Waals surface area contributed by atoms with Crippen LogP contribution in [0.2, 0.25) is 0 Å². The Balaban J connectivity index is 2.17. The Kier molecular flexibility index (Phi) is 15.5. The SMILES string of the molecule is CC(=O)OC[C@H]1O[C@@H](Sc2cccc(S)c2)[C@H](OC(C)=O)[C@@H](OC(C)=O)[C@@H]1O[C@H]1O[C@H](COC(C)=O)[C@@H](OC(C)=O)[C@H](OC(C)=O)[C@H]1OC(C)=O. The van der Waals surface area contributed by atoms with E-state index in [0.29, 0.717) is 9.79 Å². The van der Waals surface area contributed by atoms with E-state index in [-0.39, 0.29) is 0 Å². The lowest BCUT2D eigenvalue weighted by molar-refractivity contribution is -0.341. The number of carbonyl (C=O) groups excluding carboxylic acids is 7. The molecule has 0 N–H and O–H groups in total. The van der Waals surface area contributed by atoms with Crippen LogP contribution in [0.5, 0.6) is 0 Å². The number of benzene rings is 1. The van der Waals surface area contributed by atoms with E-state index in [0.717, 1.165) is 60.2 Å². The molecular formula is C32H40O17S2. The molecule has 0 saturated carbocycles. The summed E-state index contributed by atoms with van der Waals surface area (Å²) < 4.78 is 56.9. The summed E-state index contributed by atoms with van der Waals surface area (Å²) in [6, 6.07) is 6.91. The molecule has 51 heavy (non-hydrogen) atoms. The first-order valence-electron chi connectivity index (χ1n) is 15.5. The number of carbonyl (C=O) groups is 7. The van der Waals surface area contributed by atoms with Gasteiger partial charge in [0.2, 0.25) is 0 Å². The Morgan fingerprint density at radius 3 is 1.53 bits per heavy atom. The van der Waals surface area contributed by atoms with Crippen LogP contribution in [-0.2, 0) is 80.9 Å². The van der Waals surface area contributed by atoms with Crippen molar-refractivity contribution in [3.8, 4) is 0 Å². The largest absolute Gasteiger partial charge is 0.463 e. The molecule has 0 amide bonds. The Hall–Kier alpha value is -3.91. The molecule has 2 aliphatic rings. The fraction of sp³-hybridized carbons (Fsp3) is 0.594. The van der Waals surface area contributed by atoms with Gasteiger partial charge in [-0.3, -0.25) is 33.6 Å². The van der Waals surface area contributed by atoms with Gasteiger partial charge in [-0.2, -0.15) is 0 Å². The molecule has 2 fully saturated rings. The van der Waals surface area contributed by atoms with Gasteiger partial charge in [0.1, 0.15) is 37.0 Å². The number of thioether (sulfide) groups is 1. The van der Waals surface area contributed by atoms with Gasteiger partial charge in [-0.05, 0) is 18.2 Å². The maximum absolute atomic E-state index is 12.6. The lowest BCUT2D eigenvalue weighted by atomic mass is 9.96. The van der Waals surface area contributed by atoms with Crippen LogP contribution in [-0.4, -0.2) is 116 Å². The van der Waals surface area contributed by atoms with Crippen LogP contribution in [0.4, 0.5) is 0 Å². The van der Waals surface area contributed by atoms with Crippen molar-refractivity contribution in [3.63, 3.8) is 0 Å². The van der Waals surface area contributed by atoms with Gasteiger partial charge in [-0.25, -0.2) is 0 Å². The molecule has 17 nitrogen and oxygen atoms in total. The third kappa shape index (κ3) is 12.7. The van der Waals surface area contributed by atoms with Crippen LogP contribution >= 0.6 is 24.4 Å². The van der Waals surface area contributed by atoms with Crippen LogP contribution in [0.1, 0.15) is 48.5 Å². The molecule has 10 atom stereocenters. The van der Waals surface area contributed by atoms with Crippen LogP contribution in [0.15, 0.2) is 34.1 Å². The molecule has 0 unspecified atom stereocenters. The molecule has 3 rings (SSSR count). The highest BCUT2D eigenvalue weighted by Crippen LogP contribution is 2.40.